The van der Waals surface area contributed by atoms with Gasteiger partial charge in [-0.1, -0.05) is 167 Å². The van der Waals surface area contributed by atoms with Gasteiger partial charge in [0.1, 0.15) is 12.4 Å². The number of phosphoric acid groups is 1. The fourth-order valence-corrected chi connectivity index (χ4v) is 8.10. The van der Waals surface area contributed by atoms with Gasteiger partial charge in [-0.15, -0.1) is 0 Å². The van der Waals surface area contributed by atoms with E-state index in [1.807, 2.05) is 0 Å². The summed E-state index contributed by atoms with van der Waals surface area (Å²) in [5.74, 6) is -1.59. The summed E-state index contributed by atoms with van der Waals surface area (Å²) in [6.07, 6.45) is 36.6. The van der Waals surface area contributed by atoms with Crippen molar-refractivity contribution >= 4 is 25.5 Å². The molecule has 0 saturated heterocycles. The molecule has 0 amide bonds. The lowest BCUT2D eigenvalue weighted by Crippen LogP contribution is -2.29. The van der Waals surface area contributed by atoms with Crippen LogP contribution in [0.25, 0.3) is 0 Å². The first-order valence-corrected chi connectivity index (χ1v) is 25.3. The third-order valence-corrected chi connectivity index (χ3v) is 11.8. The molecule has 1 aliphatic rings. The van der Waals surface area contributed by atoms with Crippen LogP contribution in [0.5, 0.6) is 0 Å². The molecular formula is C47H85O11P. The van der Waals surface area contributed by atoms with E-state index in [0.29, 0.717) is 32.1 Å². The lowest BCUT2D eigenvalue weighted by Gasteiger charge is -2.19. The van der Waals surface area contributed by atoms with Crippen molar-refractivity contribution in [2.75, 3.05) is 13.2 Å². The third kappa shape index (κ3) is 32.5. The minimum Gasteiger partial charge on any atom is -0.462 e. The number of esters is 2. The molecule has 59 heavy (non-hydrogen) atoms. The number of ketones is 1. The molecule has 0 radical (unpaired) electrons. The first-order valence-electron chi connectivity index (χ1n) is 23.7. The summed E-state index contributed by atoms with van der Waals surface area (Å²) in [5.41, 5.74) is 0. The monoisotopic (exact) mass is 857 g/mol. The van der Waals surface area contributed by atoms with E-state index in [0.717, 1.165) is 51.4 Å². The molecule has 1 fully saturated rings. The summed E-state index contributed by atoms with van der Waals surface area (Å²) in [7, 11) is -4.82. The third-order valence-electron chi connectivity index (χ3n) is 11.3. The Morgan fingerprint density at radius 2 is 1.19 bits per heavy atom. The number of hydrogen-bond acceptors (Lipinski definition) is 9. The van der Waals surface area contributed by atoms with Gasteiger partial charge in [0.15, 0.2) is 6.10 Å². The number of allylic oxidation sites excluding steroid dienone is 2. The SMILES string of the molecule is CCCCCCCC/C=C\CCCCCCCCCCCCCC(=O)OC[C@H](COP(=O)(O)O)OC(=O)CCCCCC[C@H]1C(=O)C[C@@H](O)[C@@H]1/C=C/[C@@H](O)CCCCC. The van der Waals surface area contributed by atoms with E-state index in [4.69, 9.17) is 19.3 Å². The molecule has 0 aromatic rings. The van der Waals surface area contributed by atoms with Crippen LogP contribution in [0.1, 0.15) is 213 Å². The molecule has 12 heteroatoms. The van der Waals surface area contributed by atoms with E-state index >= 15 is 0 Å². The van der Waals surface area contributed by atoms with Crippen molar-refractivity contribution in [3.8, 4) is 0 Å². The van der Waals surface area contributed by atoms with Crippen molar-refractivity contribution in [1.29, 1.82) is 0 Å². The average Bonchev–Trinajstić information content (AvgIpc) is 3.47. The molecule has 0 aromatic carbocycles. The van der Waals surface area contributed by atoms with Crippen LogP contribution in [0, 0.1) is 11.8 Å². The number of phosphoric ester groups is 1. The quantitative estimate of drug-likeness (QED) is 0.0200. The molecule has 5 atom stereocenters. The topological polar surface area (TPSA) is 177 Å². The molecule has 1 rings (SSSR count). The molecular weight excluding hydrogens is 771 g/mol. The van der Waals surface area contributed by atoms with Gasteiger partial charge in [0, 0.05) is 31.1 Å². The molecule has 0 bridgehead atoms. The average molecular weight is 857 g/mol. The van der Waals surface area contributed by atoms with Crippen LogP contribution in [0.15, 0.2) is 24.3 Å². The minimum absolute atomic E-state index is 0.0371. The zero-order valence-corrected chi connectivity index (χ0v) is 38.0. The Balaban J connectivity index is 2.17. The molecule has 0 spiro atoms. The van der Waals surface area contributed by atoms with E-state index in [9.17, 15) is 29.2 Å². The molecule has 0 aromatic heterocycles. The van der Waals surface area contributed by atoms with Crippen LogP contribution in [0.3, 0.4) is 0 Å². The van der Waals surface area contributed by atoms with Crippen molar-refractivity contribution in [2.45, 2.75) is 231 Å². The Bertz CT molecular complexity index is 1170. The number of hydrogen-bond donors (Lipinski definition) is 4. The number of carbonyl (C=O) groups excluding carboxylic acids is 3. The Morgan fingerprint density at radius 1 is 0.695 bits per heavy atom. The summed E-state index contributed by atoms with van der Waals surface area (Å²) >= 11 is 0. The van der Waals surface area contributed by atoms with Gasteiger partial charge in [-0.3, -0.25) is 18.9 Å². The molecule has 0 aliphatic heterocycles. The highest BCUT2D eigenvalue weighted by molar-refractivity contribution is 7.46. The number of unbranched alkanes of at least 4 members (excludes halogenated alkanes) is 22. The molecule has 0 heterocycles. The van der Waals surface area contributed by atoms with E-state index in [1.165, 1.54) is 96.3 Å². The van der Waals surface area contributed by atoms with Gasteiger partial charge in [-0.05, 0) is 51.4 Å². The number of aliphatic hydroxyl groups is 2. The van der Waals surface area contributed by atoms with E-state index in [1.54, 1.807) is 12.2 Å². The van der Waals surface area contributed by atoms with Crippen LogP contribution in [-0.2, 0) is 32.9 Å². The first kappa shape index (κ1) is 55.1. The van der Waals surface area contributed by atoms with E-state index in [2.05, 4.69) is 30.5 Å². The normalized spacial score (nSPS) is 18.3. The Labute approximate surface area is 358 Å². The number of carbonyl (C=O) groups is 3. The predicted molar refractivity (Wildman–Crippen MR) is 236 cm³/mol. The van der Waals surface area contributed by atoms with Gasteiger partial charge in [0.05, 0.1) is 18.8 Å². The lowest BCUT2D eigenvalue weighted by atomic mass is 9.88. The second-order valence-electron chi connectivity index (χ2n) is 16.9. The standard InChI is InChI=1S/C47H85O11P/c1-3-5-7-8-9-10-11-12-13-14-15-16-17-18-19-20-21-22-23-24-29-33-46(51)56-38-41(39-57-59(53,54)55)58-47(52)34-30-26-25-28-32-42-43(45(50)37-44(42)49)36-35-40(48)31-27-6-4-2/h12-13,35-36,40-43,45,48,50H,3-11,14-34,37-39H2,1-2H3,(H2,53,54,55)/b13-12-,36-35+/t40-,41+,42+,43+,45+/m0/s1. The summed E-state index contributed by atoms with van der Waals surface area (Å²) in [4.78, 5) is 55.8. The zero-order valence-electron chi connectivity index (χ0n) is 37.1. The van der Waals surface area contributed by atoms with Crippen molar-refractivity contribution in [3.63, 3.8) is 0 Å². The maximum atomic E-state index is 12.6. The van der Waals surface area contributed by atoms with Gasteiger partial charge in [-0.2, -0.15) is 0 Å². The van der Waals surface area contributed by atoms with Gasteiger partial charge in [-0.25, -0.2) is 4.57 Å². The van der Waals surface area contributed by atoms with Crippen LogP contribution >= 0.6 is 7.82 Å². The first-order chi connectivity index (χ1) is 28.5. The Morgan fingerprint density at radius 3 is 1.75 bits per heavy atom. The number of aliphatic hydroxyl groups excluding tert-OH is 2. The molecule has 1 aliphatic carbocycles. The largest absolute Gasteiger partial charge is 0.469 e. The maximum absolute atomic E-state index is 12.6. The molecule has 0 unspecified atom stereocenters. The van der Waals surface area contributed by atoms with E-state index < -0.39 is 44.7 Å². The number of ether oxygens (including phenoxy) is 2. The van der Waals surface area contributed by atoms with Gasteiger partial charge >= 0.3 is 19.8 Å². The highest BCUT2D eigenvalue weighted by Crippen LogP contribution is 2.36. The van der Waals surface area contributed by atoms with Gasteiger partial charge in [0.25, 0.3) is 0 Å². The summed E-state index contributed by atoms with van der Waals surface area (Å²) < 4.78 is 26.5. The minimum atomic E-state index is -4.82. The van der Waals surface area contributed by atoms with Crippen LogP contribution in [0.2, 0.25) is 0 Å². The fourth-order valence-electron chi connectivity index (χ4n) is 7.74. The van der Waals surface area contributed by atoms with Crippen LogP contribution < -0.4 is 0 Å². The maximum Gasteiger partial charge on any atom is 0.469 e. The predicted octanol–water partition coefficient (Wildman–Crippen LogP) is 11.3. The Kier molecular flexibility index (Phi) is 34.3. The summed E-state index contributed by atoms with van der Waals surface area (Å²) in [6, 6.07) is 0. The fraction of sp³-hybridized carbons (Fsp3) is 0.851. The van der Waals surface area contributed by atoms with E-state index in [-0.39, 0.29) is 43.5 Å². The second kappa shape index (κ2) is 36.7. The van der Waals surface area contributed by atoms with Crippen LogP contribution in [0.4, 0.5) is 0 Å². The van der Waals surface area contributed by atoms with Crippen molar-refractivity contribution in [1.82, 2.24) is 0 Å². The highest BCUT2D eigenvalue weighted by atomic mass is 31.2. The molecule has 4 N–H and O–H groups in total. The molecule has 11 nitrogen and oxygen atoms in total. The number of rotatable bonds is 40. The zero-order chi connectivity index (χ0) is 43.4. The molecule has 344 valence electrons. The number of Topliss-reactive ketones (excluding diaryl/α,β-unsaturated/α-hetero) is 1. The Hall–Kier alpha value is -1.88. The molecule has 1 saturated carbocycles. The smallest absolute Gasteiger partial charge is 0.462 e. The van der Waals surface area contributed by atoms with Crippen molar-refractivity contribution in [2.24, 2.45) is 11.8 Å². The highest BCUT2D eigenvalue weighted by Gasteiger charge is 2.39. The van der Waals surface area contributed by atoms with Gasteiger partial charge < -0.3 is 29.5 Å². The summed E-state index contributed by atoms with van der Waals surface area (Å²) in [5, 5.41) is 20.7. The lowest BCUT2D eigenvalue weighted by molar-refractivity contribution is -0.161. The van der Waals surface area contributed by atoms with Crippen molar-refractivity contribution < 1.29 is 52.9 Å². The van der Waals surface area contributed by atoms with Crippen molar-refractivity contribution in [3.05, 3.63) is 24.3 Å². The summed E-state index contributed by atoms with van der Waals surface area (Å²) in [6.45, 7) is 3.41. The van der Waals surface area contributed by atoms with Crippen LogP contribution in [-0.4, -0.2) is 69.2 Å². The second-order valence-corrected chi connectivity index (χ2v) is 18.1. The van der Waals surface area contributed by atoms with Gasteiger partial charge in [0.2, 0.25) is 0 Å².